The SMILES string of the molecule is C/C(=N\NS(=O)(=O)c1ccc(Br)cc1)c1ccc(Cl)c(Cl)c1. The van der Waals surface area contributed by atoms with E-state index in [1.54, 1.807) is 37.3 Å². The highest BCUT2D eigenvalue weighted by atomic mass is 79.9. The van der Waals surface area contributed by atoms with Gasteiger partial charge < -0.3 is 0 Å². The number of nitrogens with one attached hydrogen (secondary N) is 1. The van der Waals surface area contributed by atoms with Gasteiger partial charge in [0.05, 0.1) is 20.7 Å². The Morgan fingerprint density at radius 1 is 1.09 bits per heavy atom. The Morgan fingerprint density at radius 3 is 2.32 bits per heavy atom. The molecule has 0 atom stereocenters. The van der Waals surface area contributed by atoms with Gasteiger partial charge in [0.25, 0.3) is 10.0 Å². The van der Waals surface area contributed by atoms with Crippen LogP contribution in [0, 0.1) is 0 Å². The third kappa shape index (κ3) is 4.23. The van der Waals surface area contributed by atoms with Crippen molar-refractivity contribution < 1.29 is 8.42 Å². The van der Waals surface area contributed by atoms with Crippen molar-refractivity contribution in [2.45, 2.75) is 11.8 Å². The number of halogens is 3. The lowest BCUT2D eigenvalue weighted by molar-refractivity contribution is 0.584. The van der Waals surface area contributed by atoms with Crippen molar-refractivity contribution in [3.8, 4) is 0 Å². The van der Waals surface area contributed by atoms with Crippen LogP contribution in [0.4, 0.5) is 0 Å². The van der Waals surface area contributed by atoms with Crippen molar-refractivity contribution in [3.05, 3.63) is 62.5 Å². The van der Waals surface area contributed by atoms with Crippen LogP contribution in [0.25, 0.3) is 0 Å². The van der Waals surface area contributed by atoms with Gasteiger partial charge in [-0.2, -0.15) is 18.4 Å². The van der Waals surface area contributed by atoms with E-state index in [2.05, 4.69) is 25.9 Å². The molecule has 0 heterocycles. The van der Waals surface area contributed by atoms with Gasteiger partial charge in [0.15, 0.2) is 0 Å². The number of benzene rings is 2. The van der Waals surface area contributed by atoms with Gasteiger partial charge in [-0.15, -0.1) is 0 Å². The first-order valence-corrected chi connectivity index (χ1v) is 9.10. The zero-order valence-corrected chi connectivity index (χ0v) is 15.3. The predicted molar refractivity (Wildman–Crippen MR) is 93.1 cm³/mol. The van der Waals surface area contributed by atoms with Crippen LogP contribution in [0.1, 0.15) is 12.5 Å². The maximum atomic E-state index is 12.1. The summed E-state index contributed by atoms with van der Waals surface area (Å²) < 4.78 is 25.0. The van der Waals surface area contributed by atoms with Crippen LogP contribution in [-0.4, -0.2) is 14.1 Å². The monoisotopic (exact) mass is 420 g/mol. The molecular formula is C14H11BrCl2N2O2S. The molecule has 0 spiro atoms. The van der Waals surface area contributed by atoms with E-state index in [9.17, 15) is 8.42 Å². The van der Waals surface area contributed by atoms with Crippen molar-refractivity contribution in [1.29, 1.82) is 0 Å². The summed E-state index contributed by atoms with van der Waals surface area (Å²) in [6, 6.07) is 11.2. The Kier molecular flexibility index (Phi) is 5.50. The van der Waals surface area contributed by atoms with E-state index in [1.165, 1.54) is 12.1 Å². The second-order valence-electron chi connectivity index (χ2n) is 4.37. The van der Waals surface area contributed by atoms with E-state index < -0.39 is 10.0 Å². The molecule has 0 saturated heterocycles. The fourth-order valence-corrected chi connectivity index (χ4v) is 3.00. The van der Waals surface area contributed by atoms with Crippen LogP contribution >= 0.6 is 39.1 Å². The van der Waals surface area contributed by atoms with Gasteiger partial charge >= 0.3 is 0 Å². The van der Waals surface area contributed by atoms with E-state index in [0.717, 1.165) is 4.47 Å². The summed E-state index contributed by atoms with van der Waals surface area (Å²) in [4.78, 5) is 2.32. The fourth-order valence-electron chi connectivity index (χ4n) is 1.58. The first kappa shape index (κ1) is 17.3. The van der Waals surface area contributed by atoms with Gasteiger partial charge in [-0.25, -0.2) is 0 Å². The average Bonchev–Trinajstić information content (AvgIpc) is 2.48. The molecular weight excluding hydrogens is 411 g/mol. The Hall–Kier alpha value is -1.08. The Balaban J connectivity index is 2.22. The minimum Gasteiger partial charge on any atom is -0.200 e. The van der Waals surface area contributed by atoms with Gasteiger partial charge in [0.1, 0.15) is 0 Å². The maximum Gasteiger partial charge on any atom is 0.276 e. The van der Waals surface area contributed by atoms with Gasteiger partial charge in [-0.05, 0) is 48.9 Å². The van der Waals surface area contributed by atoms with Crippen LogP contribution in [0.3, 0.4) is 0 Å². The summed E-state index contributed by atoms with van der Waals surface area (Å²) in [6.07, 6.45) is 0. The molecule has 0 fully saturated rings. The zero-order chi connectivity index (χ0) is 16.3. The van der Waals surface area contributed by atoms with Crippen LogP contribution in [0.15, 0.2) is 56.9 Å². The molecule has 0 saturated carbocycles. The lowest BCUT2D eigenvalue weighted by Crippen LogP contribution is -2.19. The molecule has 0 unspecified atom stereocenters. The summed E-state index contributed by atoms with van der Waals surface area (Å²) in [5.74, 6) is 0. The molecule has 0 aliphatic heterocycles. The molecule has 2 aromatic rings. The van der Waals surface area contributed by atoms with Crippen LogP contribution in [0.5, 0.6) is 0 Å². The minimum absolute atomic E-state index is 0.126. The molecule has 8 heteroatoms. The Bertz CT molecular complexity index is 821. The summed E-state index contributed by atoms with van der Waals surface area (Å²) >= 11 is 15.0. The van der Waals surface area contributed by atoms with Crippen molar-refractivity contribution in [2.24, 2.45) is 5.10 Å². The van der Waals surface area contributed by atoms with Crippen molar-refractivity contribution >= 4 is 54.9 Å². The fraction of sp³-hybridized carbons (Fsp3) is 0.0714. The molecule has 0 radical (unpaired) electrons. The number of sulfonamides is 1. The van der Waals surface area contributed by atoms with E-state index in [4.69, 9.17) is 23.2 Å². The number of hydrogen-bond donors (Lipinski definition) is 1. The van der Waals surface area contributed by atoms with E-state index in [0.29, 0.717) is 21.3 Å². The summed E-state index contributed by atoms with van der Waals surface area (Å²) in [7, 11) is -3.72. The van der Waals surface area contributed by atoms with E-state index in [-0.39, 0.29) is 4.90 Å². The van der Waals surface area contributed by atoms with Crippen LogP contribution in [0.2, 0.25) is 10.0 Å². The molecule has 22 heavy (non-hydrogen) atoms. The number of rotatable bonds is 4. The number of nitrogens with zero attached hydrogens (tertiary/aromatic N) is 1. The molecule has 2 rings (SSSR count). The minimum atomic E-state index is -3.72. The van der Waals surface area contributed by atoms with E-state index >= 15 is 0 Å². The Morgan fingerprint density at radius 2 is 1.73 bits per heavy atom. The third-order valence-corrected chi connectivity index (χ3v) is 5.29. The van der Waals surface area contributed by atoms with Gasteiger partial charge in [0.2, 0.25) is 0 Å². The first-order chi connectivity index (χ1) is 10.3. The smallest absolute Gasteiger partial charge is 0.200 e. The molecule has 2 aromatic carbocycles. The molecule has 1 N–H and O–H groups in total. The second-order valence-corrected chi connectivity index (χ2v) is 7.77. The summed E-state index contributed by atoms with van der Waals surface area (Å²) in [6.45, 7) is 1.67. The molecule has 0 amide bonds. The average molecular weight is 422 g/mol. The largest absolute Gasteiger partial charge is 0.276 e. The molecule has 0 aliphatic rings. The van der Waals surface area contributed by atoms with Crippen molar-refractivity contribution in [1.82, 2.24) is 4.83 Å². The highest BCUT2D eigenvalue weighted by Crippen LogP contribution is 2.23. The topological polar surface area (TPSA) is 58.5 Å². The van der Waals surface area contributed by atoms with Crippen LogP contribution < -0.4 is 4.83 Å². The highest BCUT2D eigenvalue weighted by molar-refractivity contribution is 9.10. The van der Waals surface area contributed by atoms with Crippen LogP contribution in [-0.2, 0) is 10.0 Å². The molecule has 0 aliphatic carbocycles. The summed E-state index contributed by atoms with van der Waals surface area (Å²) in [5.41, 5.74) is 1.15. The van der Waals surface area contributed by atoms with Gasteiger partial charge in [0, 0.05) is 4.47 Å². The zero-order valence-electron chi connectivity index (χ0n) is 11.3. The molecule has 4 nitrogen and oxygen atoms in total. The first-order valence-electron chi connectivity index (χ1n) is 6.07. The lowest BCUT2D eigenvalue weighted by Gasteiger charge is -2.06. The number of hydrazone groups is 1. The Labute approximate surface area is 147 Å². The molecule has 116 valence electrons. The third-order valence-electron chi connectivity index (χ3n) is 2.79. The van der Waals surface area contributed by atoms with Gasteiger partial charge in [-0.1, -0.05) is 45.2 Å². The van der Waals surface area contributed by atoms with E-state index in [1.807, 2.05) is 0 Å². The number of hydrogen-bond acceptors (Lipinski definition) is 3. The van der Waals surface area contributed by atoms with Crippen molar-refractivity contribution in [3.63, 3.8) is 0 Å². The molecule has 0 bridgehead atoms. The highest BCUT2D eigenvalue weighted by Gasteiger charge is 2.13. The van der Waals surface area contributed by atoms with Gasteiger partial charge in [-0.3, -0.25) is 0 Å². The quantitative estimate of drug-likeness (QED) is 0.585. The normalized spacial score (nSPS) is 12.3. The predicted octanol–water partition coefficient (Wildman–Crippen LogP) is 4.46. The van der Waals surface area contributed by atoms with Crippen molar-refractivity contribution in [2.75, 3.05) is 0 Å². The second kappa shape index (κ2) is 7.00. The lowest BCUT2D eigenvalue weighted by atomic mass is 10.1. The maximum absolute atomic E-state index is 12.1. The molecule has 0 aromatic heterocycles. The summed E-state index contributed by atoms with van der Waals surface area (Å²) in [5, 5.41) is 4.70. The standard InChI is InChI=1S/C14H11BrCl2N2O2S/c1-9(10-2-7-13(16)14(17)8-10)18-19-22(20,21)12-5-3-11(15)4-6-12/h2-8,19H,1H3/b18-9+.